The number of halogens is 1. The lowest BCUT2D eigenvalue weighted by molar-refractivity contribution is 0.181. The Bertz CT molecular complexity index is 394. The largest absolute Gasteiger partial charge is 0.383 e. The van der Waals surface area contributed by atoms with E-state index >= 15 is 0 Å². The first kappa shape index (κ1) is 14.8. The van der Waals surface area contributed by atoms with Crippen molar-refractivity contribution in [1.29, 1.82) is 0 Å². The van der Waals surface area contributed by atoms with Crippen LogP contribution in [0.3, 0.4) is 0 Å². The van der Waals surface area contributed by atoms with Crippen molar-refractivity contribution >= 4 is 11.6 Å². The molecule has 0 bridgehead atoms. The Kier molecular flexibility index (Phi) is 5.67. The number of nitrogens with zero attached hydrogens (tertiary/aromatic N) is 2. The fourth-order valence-corrected chi connectivity index (χ4v) is 3.24. The minimum atomic E-state index is 0.485. The molecule has 1 aromatic rings. The third kappa shape index (κ3) is 3.50. The van der Waals surface area contributed by atoms with Crippen molar-refractivity contribution < 1.29 is 4.74 Å². The molecule has 19 heavy (non-hydrogen) atoms. The number of ether oxygens (including phenoxy) is 1. The molecule has 0 aromatic carbocycles. The predicted octanol–water partition coefficient (Wildman–Crippen LogP) is 2.82. The zero-order chi connectivity index (χ0) is 13.7. The van der Waals surface area contributed by atoms with Gasteiger partial charge in [0.2, 0.25) is 0 Å². The number of nitrogens with one attached hydrogen (secondary N) is 1. The van der Waals surface area contributed by atoms with Gasteiger partial charge in [0.15, 0.2) is 0 Å². The van der Waals surface area contributed by atoms with E-state index in [1.807, 2.05) is 4.68 Å². The summed E-state index contributed by atoms with van der Waals surface area (Å²) in [7, 11) is 1.71. The summed E-state index contributed by atoms with van der Waals surface area (Å²) in [6.45, 7) is 4.72. The van der Waals surface area contributed by atoms with Gasteiger partial charge in [0, 0.05) is 19.1 Å². The van der Waals surface area contributed by atoms with Gasteiger partial charge in [-0.1, -0.05) is 24.9 Å². The second kappa shape index (κ2) is 7.27. The van der Waals surface area contributed by atoms with E-state index in [-0.39, 0.29) is 0 Å². The van der Waals surface area contributed by atoms with Crippen LogP contribution in [0.25, 0.3) is 0 Å². The van der Waals surface area contributed by atoms with Crippen molar-refractivity contribution in [3.63, 3.8) is 0 Å². The molecule has 0 saturated heterocycles. The average molecular weight is 286 g/mol. The smallest absolute Gasteiger partial charge is 0.0821 e. The van der Waals surface area contributed by atoms with E-state index in [0.29, 0.717) is 18.6 Å². The van der Waals surface area contributed by atoms with Gasteiger partial charge in [0.25, 0.3) is 0 Å². The molecule has 0 amide bonds. The fourth-order valence-electron chi connectivity index (χ4n) is 2.96. The highest BCUT2D eigenvalue weighted by Gasteiger charge is 2.32. The molecule has 1 aliphatic carbocycles. The van der Waals surface area contributed by atoms with E-state index in [0.717, 1.165) is 18.1 Å². The van der Waals surface area contributed by atoms with Gasteiger partial charge in [0.05, 0.1) is 30.1 Å². The molecule has 0 spiro atoms. The zero-order valence-electron chi connectivity index (χ0n) is 11.9. The summed E-state index contributed by atoms with van der Waals surface area (Å²) in [6.07, 6.45) is 6.62. The van der Waals surface area contributed by atoms with E-state index < -0.39 is 0 Å². The van der Waals surface area contributed by atoms with Crippen LogP contribution in [0, 0.1) is 0 Å². The van der Waals surface area contributed by atoms with Gasteiger partial charge in [-0.15, -0.1) is 0 Å². The Balaban J connectivity index is 2.12. The highest BCUT2D eigenvalue weighted by Crippen LogP contribution is 2.37. The van der Waals surface area contributed by atoms with Crippen molar-refractivity contribution in [2.24, 2.45) is 0 Å². The molecule has 4 nitrogen and oxygen atoms in total. The molecule has 2 atom stereocenters. The van der Waals surface area contributed by atoms with Crippen molar-refractivity contribution in [3.05, 3.63) is 16.9 Å². The molecule has 2 unspecified atom stereocenters. The molecule has 5 heteroatoms. The maximum absolute atomic E-state index is 6.35. The SMILES string of the molecule is CCCNC1CCCC1c1c(Cl)cnn1CCOC. The summed E-state index contributed by atoms with van der Waals surface area (Å²) < 4.78 is 7.16. The molecular weight excluding hydrogens is 262 g/mol. The summed E-state index contributed by atoms with van der Waals surface area (Å²) in [5.74, 6) is 0.485. The van der Waals surface area contributed by atoms with Crippen LogP contribution in [-0.2, 0) is 11.3 Å². The quantitative estimate of drug-likeness (QED) is 0.837. The van der Waals surface area contributed by atoms with E-state index in [1.54, 1.807) is 13.3 Å². The number of methoxy groups -OCH3 is 1. The minimum Gasteiger partial charge on any atom is -0.383 e. The third-order valence-corrected chi connectivity index (χ3v) is 4.16. The van der Waals surface area contributed by atoms with Crippen LogP contribution < -0.4 is 5.32 Å². The topological polar surface area (TPSA) is 39.1 Å². The highest BCUT2D eigenvalue weighted by atomic mass is 35.5. The minimum absolute atomic E-state index is 0.485. The Morgan fingerprint density at radius 2 is 2.37 bits per heavy atom. The summed E-state index contributed by atoms with van der Waals surface area (Å²) in [4.78, 5) is 0. The van der Waals surface area contributed by atoms with Crippen molar-refractivity contribution in [2.75, 3.05) is 20.3 Å². The molecule has 1 aromatic heterocycles. The number of hydrogen-bond donors (Lipinski definition) is 1. The first-order valence-electron chi connectivity index (χ1n) is 7.21. The van der Waals surface area contributed by atoms with E-state index in [1.165, 1.54) is 31.4 Å². The maximum Gasteiger partial charge on any atom is 0.0821 e. The van der Waals surface area contributed by atoms with Crippen LogP contribution in [0.5, 0.6) is 0 Å². The second-order valence-corrected chi connectivity index (χ2v) is 5.60. The Morgan fingerprint density at radius 1 is 1.53 bits per heavy atom. The Hall–Kier alpha value is -0.580. The molecule has 1 N–H and O–H groups in total. The molecule has 1 heterocycles. The van der Waals surface area contributed by atoms with E-state index in [4.69, 9.17) is 16.3 Å². The van der Waals surface area contributed by atoms with Gasteiger partial charge < -0.3 is 10.1 Å². The van der Waals surface area contributed by atoms with Crippen LogP contribution in [0.1, 0.15) is 44.2 Å². The van der Waals surface area contributed by atoms with Gasteiger partial charge in [-0.25, -0.2) is 0 Å². The summed E-state index contributed by atoms with van der Waals surface area (Å²) >= 11 is 6.35. The maximum atomic E-state index is 6.35. The third-order valence-electron chi connectivity index (χ3n) is 3.86. The first-order chi connectivity index (χ1) is 9.27. The monoisotopic (exact) mass is 285 g/mol. The Morgan fingerprint density at radius 3 is 3.11 bits per heavy atom. The number of aromatic nitrogens is 2. The van der Waals surface area contributed by atoms with E-state index in [2.05, 4.69) is 17.3 Å². The highest BCUT2D eigenvalue weighted by molar-refractivity contribution is 6.31. The second-order valence-electron chi connectivity index (χ2n) is 5.19. The summed E-state index contributed by atoms with van der Waals surface area (Å²) in [6, 6.07) is 0.537. The van der Waals surface area contributed by atoms with Crippen molar-refractivity contribution in [3.8, 4) is 0 Å². The number of hydrogen-bond acceptors (Lipinski definition) is 3. The van der Waals surface area contributed by atoms with Gasteiger partial charge in [-0.2, -0.15) is 5.10 Å². The van der Waals surface area contributed by atoms with Crippen LogP contribution in [0.4, 0.5) is 0 Å². The predicted molar refractivity (Wildman–Crippen MR) is 77.8 cm³/mol. The van der Waals surface area contributed by atoms with Crippen LogP contribution >= 0.6 is 11.6 Å². The lowest BCUT2D eigenvalue weighted by Gasteiger charge is -2.22. The number of rotatable bonds is 7. The molecule has 0 radical (unpaired) electrons. The van der Waals surface area contributed by atoms with Gasteiger partial charge in [-0.3, -0.25) is 4.68 Å². The Labute approximate surface area is 120 Å². The standard InChI is InChI=1S/C14H24ClN3O/c1-3-7-16-13-6-4-5-11(13)14-12(15)10-17-18(14)8-9-19-2/h10-11,13,16H,3-9H2,1-2H3. The van der Waals surface area contributed by atoms with Crippen molar-refractivity contribution in [2.45, 2.75) is 51.1 Å². The van der Waals surface area contributed by atoms with Crippen molar-refractivity contribution in [1.82, 2.24) is 15.1 Å². The zero-order valence-corrected chi connectivity index (χ0v) is 12.6. The van der Waals surface area contributed by atoms with Crippen LogP contribution in [0.2, 0.25) is 5.02 Å². The molecule has 1 saturated carbocycles. The summed E-state index contributed by atoms with van der Waals surface area (Å²) in [5.41, 5.74) is 1.19. The van der Waals surface area contributed by atoms with Gasteiger partial charge in [-0.05, 0) is 25.8 Å². The molecule has 108 valence electrons. The van der Waals surface area contributed by atoms with Gasteiger partial charge >= 0.3 is 0 Å². The van der Waals surface area contributed by atoms with Crippen LogP contribution in [0.15, 0.2) is 6.20 Å². The van der Waals surface area contributed by atoms with E-state index in [9.17, 15) is 0 Å². The summed E-state index contributed by atoms with van der Waals surface area (Å²) in [5, 5.41) is 8.84. The normalized spacial score (nSPS) is 23.1. The molecule has 0 aliphatic heterocycles. The lowest BCUT2D eigenvalue weighted by Crippen LogP contribution is -2.33. The fraction of sp³-hybridized carbons (Fsp3) is 0.786. The average Bonchev–Trinajstić information content (AvgIpc) is 3.00. The molecule has 1 fully saturated rings. The van der Waals surface area contributed by atoms with Crippen LogP contribution in [-0.4, -0.2) is 36.1 Å². The molecule has 1 aliphatic rings. The lowest BCUT2D eigenvalue weighted by atomic mass is 9.99. The first-order valence-corrected chi connectivity index (χ1v) is 7.59. The molecular formula is C14H24ClN3O. The molecule has 2 rings (SSSR count). The van der Waals surface area contributed by atoms with Gasteiger partial charge in [0.1, 0.15) is 0 Å².